The lowest BCUT2D eigenvalue weighted by molar-refractivity contribution is 0.0497. The van der Waals surface area contributed by atoms with Crippen molar-refractivity contribution in [1.82, 2.24) is 5.32 Å². The van der Waals surface area contributed by atoms with Gasteiger partial charge in [0.25, 0.3) is 0 Å². The van der Waals surface area contributed by atoms with Crippen molar-refractivity contribution < 1.29 is 14.2 Å². The molecule has 0 radical (unpaired) electrons. The molecule has 0 unspecified atom stereocenters. The smallest absolute Gasteiger partial charge is 0.161 e. The Morgan fingerprint density at radius 3 is 2.03 bits per heavy atom. The van der Waals surface area contributed by atoms with Gasteiger partial charge in [0.15, 0.2) is 11.5 Å². The molecule has 172 valence electrons. The van der Waals surface area contributed by atoms with Crippen molar-refractivity contribution >= 4 is 0 Å². The Hall–Kier alpha value is -2.82. The van der Waals surface area contributed by atoms with Gasteiger partial charge in [-0.05, 0) is 54.6 Å². The van der Waals surface area contributed by atoms with Gasteiger partial charge >= 0.3 is 0 Å². The monoisotopic (exact) mass is 443 g/mol. The van der Waals surface area contributed by atoms with Crippen LogP contribution in [-0.4, -0.2) is 39.5 Å². The highest BCUT2D eigenvalue weighted by Crippen LogP contribution is 2.40. The first-order chi connectivity index (χ1) is 16.3. The van der Waals surface area contributed by atoms with Crippen LogP contribution in [0.3, 0.4) is 0 Å². The van der Waals surface area contributed by atoms with Crippen LogP contribution in [0.15, 0.2) is 78.9 Å². The largest absolute Gasteiger partial charge is 0.486 e. The second kappa shape index (κ2) is 10.4. The van der Waals surface area contributed by atoms with E-state index in [2.05, 4.69) is 84.2 Å². The Morgan fingerprint density at radius 1 is 0.727 bits per heavy atom. The van der Waals surface area contributed by atoms with Gasteiger partial charge in [-0.2, -0.15) is 0 Å². The fourth-order valence-electron chi connectivity index (χ4n) is 5.17. The lowest BCUT2D eigenvalue weighted by atomic mass is 9.74. The summed E-state index contributed by atoms with van der Waals surface area (Å²) in [6.45, 7) is 4.73. The molecule has 1 fully saturated rings. The van der Waals surface area contributed by atoms with E-state index in [1.54, 1.807) is 0 Å². The fourth-order valence-corrected chi connectivity index (χ4v) is 5.17. The minimum Gasteiger partial charge on any atom is -0.486 e. The van der Waals surface area contributed by atoms with Gasteiger partial charge in [-0.1, -0.05) is 66.7 Å². The molecule has 2 aliphatic rings. The Bertz CT molecular complexity index is 976. The second-order valence-corrected chi connectivity index (χ2v) is 9.09. The molecule has 1 N–H and O–H groups in total. The summed E-state index contributed by atoms with van der Waals surface area (Å²) in [6, 6.07) is 28.2. The number of hydrogen-bond acceptors (Lipinski definition) is 4. The van der Waals surface area contributed by atoms with Gasteiger partial charge in [-0.25, -0.2) is 0 Å². The second-order valence-electron chi connectivity index (χ2n) is 9.09. The zero-order chi connectivity index (χ0) is 22.3. The molecule has 2 aliphatic heterocycles. The first kappa shape index (κ1) is 22.0. The fraction of sp³-hybridized carbons (Fsp3) is 0.379. The molecule has 0 aliphatic carbocycles. The standard InChI is InChI=1S/C29H33NO3/c1-3-7-23(8-4-1)26(24-9-5-2-6-10-24)13-16-30-22-29(14-17-31-18-15-29)25-11-12-27-28(21-25)33-20-19-32-27/h1-12,21,26,30H,13-20,22H2. The lowest BCUT2D eigenvalue weighted by Gasteiger charge is -2.38. The SMILES string of the molecule is c1ccc(C(CCNCC2(c3ccc4c(c3)OCCO4)CCOCC2)c2ccccc2)cc1. The van der Waals surface area contributed by atoms with Crippen molar-refractivity contribution in [1.29, 1.82) is 0 Å². The zero-order valence-electron chi connectivity index (χ0n) is 19.2. The van der Waals surface area contributed by atoms with Crippen LogP contribution in [0, 0.1) is 0 Å². The molecule has 0 amide bonds. The van der Waals surface area contributed by atoms with Crippen LogP contribution in [0.1, 0.15) is 41.9 Å². The lowest BCUT2D eigenvalue weighted by Crippen LogP contribution is -2.43. The molecule has 0 spiro atoms. The highest BCUT2D eigenvalue weighted by atomic mass is 16.6. The predicted octanol–water partition coefficient (Wildman–Crippen LogP) is 5.32. The summed E-state index contributed by atoms with van der Waals surface area (Å²) in [7, 11) is 0. The molecule has 4 heteroatoms. The Balaban J connectivity index is 1.29. The highest BCUT2D eigenvalue weighted by molar-refractivity contribution is 5.46. The first-order valence-electron chi connectivity index (χ1n) is 12.1. The molecule has 2 heterocycles. The number of rotatable bonds is 8. The van der Waals surface area contributed by atoms with Gasteiger partial charge < -0.3 is 19.5 Å². The van der Waals surface area contributed by atoms with Crippen LogP contribution in [0.2, 0.25) is 0 Å². The maximum Gasteiger partial charge on any atom is 0.161 e. The van der Waals surface area contributed by atoms with Gasteiger partial charge in [0.05, 0.1) is 0 Å². The van der Waals surface area contributed by atoms with Crippen molar-refractivity contribution in [2.45, 2.75) is 30.6 Å². The van der Waals surface area contributed by atoms with Crippen LogP contribution >= 0.6 is 0 Å². The van der Waals surface area contributed by atoms with E-state index < -0.39 is 0 Å². The number of benzene rings is 3. The molecule has 33 heavy (non-hydrogen) atoms. The van der Waals surface area contributed by atoms with E-state index in [4.69, 9.17) is 14.2 Å². The van der Waals surface area contributed by atoms with E-state index in [0.29, 0.717) is 19.1 Å². The molecule has 1 saturated heterocycles. The van der Waals surface area contributed by atoms with E-state index in [1.165, 1.54) is 16.7 Å². The minimum atomic E-state index is 0.0586. The third-order valence-electron chi connectivity index (χ3n) is 7.08. The third kappa shape index (κ3) is 5.07. The van der Waals surface area contributed by atoms with E-state index >= 15 is 0 Å². The molecular formula is C29H33NO3. The van der Waals surface area contributed by atoms with Gasteiger partial charge in [-0.15, -0.1) is 0 Å². The molecule has 3 aromatic rings. The predicted molar refractivity (Wildman–Crippen MR) is 131 cm³/mol. The summed E-state index contributed by atoms with van der Waals surface area (Å²) in [6.07, 6.45) is 3.09. The summed E-state index contributed by atoms with van der Waals surface area (Å²) in [5.74, 6) is 2.12. The average Bonchev–Trinajstić information content (AvgIpc) is 2.90. The Kier molecular flexibility index (Phi) is 6.94. The molecule has 5 rings (SSSR count). The molecular weight excluding hydrogens is 410 g/mol. The quantitative estimate of drug-likeness (QED) is 0.479. The molecule has 0 aromatic heterocycles. The minimum absolute atomic E-state index is 0.0586. The van der Waals surface area contributed by atoms with Crippen LogP contribution in [-0.2, 0) is 10.2 Å². The van der Waals surface area contributed by atoms with Gasteiger partial charge in [0.2, 0.25) is 0 Å². The summed E-state index contributed by atoms with van der Waals surface area (Å²) in [5, 5.41) is 3.82. The third-order valence-corrected chi connectivity index (χ3v) is 7.08. The maximum atomic E-state index is 5.88. The van der Waals surface area contributed by atoms with Crippen molar-refractivity contribution in [2.24, 2.45) is 0 Å². The molecule has 4 nitrogen and oxygen atoms in total. The number of ether oxygens (including phenoxy) is 3. The molecule has 0 saturated carbocycles. The number of fused-ring (bicyclic) bond motifs is 1. The summed E-state index contributed by atoms with van der Waals surface area (Å²) in [4.78, 5) is 0. The van der Waals surface area contributed by atoms with Crippen LogP contribution in [0.4, 0.5) is 0 Å². The van der Waals surface area contributed by atoms with Gasteiger partial charge in [0, 0.05) is 31.1 Å². The maximum absolute atomic E-state index is 5.88. The molecule has 3 aromatic carbocycles. The van der Waals surface area contributed by atoms with Gasteiger partial charge in [0.1, 0.15) is 13.2 Å². The van der Waals surface area contributed by atoms with E-state index in [-0.39, 0.29) is 5.41 Å². The number of hydrogen-bond donors (Lipinski definition) is 1. The van der Waals surface area contributed by atoms with E-state index in [0.717, 1.165) is 57.1 Å². The van der Waals surface area contributed by atoms with Crippen LogP contribution in [0.25, 0.3) is 0 Å². The Labute approximate surface area is 196 Å². The zero-order valence-corrected chi connectivity index (χ0v) is 19.2. The Morgan fingerprint density at radius 2 is 1.36 bits per heavy atom. The average molecular weight is 444 g/mol. The summed E-state index contributed by atoms with van der Waals surface area (Å²) < 4.78 is 17.4. The number of nitrogens with one attached hydrogen (secondary N) is 1. The van der Waals surface area contributed by atoms with E-state index in [1.807, 2.05) is 0 Å². The molecule has 0 bridgehead atoms. The van der Waals surface area contributed by atoms with Crippen LogP contribution in [0.5, 0.6) is 11.5 Å². The first-order valence-corrected chi connectivity index (χ1v) is 12.1. The normalized spacial score (nSPS) is 17.1. The molecule has 0 atom stereocenters. The summed E-state index contributed by atoms with van der Waals surface area (Å²) >= 11 is 0. The van der Waals surface area contributed by atoms with Crippen molar-refractivity contribution in [3.8, 4) is 11.5 Å². The van der Waals surface area contributed by atoms with Crippen molar-refractivity contribution in [2.75, 3.05) is 39.5 Å². The summed E-state index contributed by atoms with van der Waals surface area (Å²) in [5.41, 5.74) is 4.13. The van der Waals surface area contributed by atoms with Gasteiger partial charge in [-0.3, -0.25) is 0 Å². The van der Waals surface area contributed by atoms with Crippen molar-refractivity contribution in [3.05, 3.63) is 95.6 Å². The van der Waals surface area contributed by atoms with Crippen LogP contribution < -0.4 is 14.8 Å². The highest BCUT2D eigenvalue weighted by Gasteiger charge is 2.35. The van der Waals surface area contributed by atoms with Crippen molar-refractivity contribution in [3.63, 3.8) is 0 Å². The van der Waals surface area contributed by atoms with E-state index in [9.17, 15) is 0 Å². The topological polar surface area (TPSA) is 39.7 Å².